The summed E-state index contributed by atoms with van der Waals surface area (Å²) < 4.78 is 0. The number of aliphatic hydroxyl groups is 1. The van der Waals surface area contributed by atoms with Crippen LogP contribution in [0.3, 0.4) is 0 Å². The molecule has 4 heteroatoms. The quantitative estimate of drug-likeness (QED) is 0.403. The molecule has 0 heterocycles. The Balaban J connectivity index is 2.99. The molecule has 0 saturated heterocycles. The first-order valence-electron chi connectivity index (χ1n) is 3.87. The Morgan fingerprint density at radius 3 is 2.15 bits per heavy atom. The largest absolute Gasteiger partial charge is 0.516 e. The SMILES string of the molecule is Nc1cc(CC=CO)cc(N)c1N. The minimum Gasteiger partial charge on any atom is -0.516 e. The van der Waals surface area contributed by atoms with Gasteiger partial charge in [0.15, 0.2) is 0 Å². The highest BCUT2D eigenvalue weighted by Gasteiger charge is 2.01. The molecule has 7 N–H and O–H groups in total. The lowest BCUT2D eigenvalue weighted by atomic mass is 10.1. The van der Waals surface area contributed by atoms with Gasteiger partial charge >= 0.3 is 0 Å². The van der Waals surface area contributed by atoms with Crippen molar-refractivity contribution in [3.05, 3.63) is 30.0 Å². The summed E-state index contributed by atoms with van der Waals surface area (Å²) in [5.41, 5.74) is 19.1. The number of benzene rings is 1. The molecule has 0 aliphatic heterocycles. The van der Waals surface area contributed by atoms with Crippen LogP contribution < -0.4 is 17.2 Å². The lowest BCUT2D eigenvalue weighted by Crippen LogP contribution is -2.01. The van der Waals surface area contributed by atoms with Crippen LogP contribution in [-0.4, -0.2) is 5.11 Å². The normalized spacial score (nSPS) is 10.8. The monoisotopic (exact) mass is 179 g/mol. The fraction of sp³-hybridized carbons (Fsp3) is 0.111. The van der Waals surface area contributed by atoms with Crippen LogP contribution >= 0.6 is 0 Å². The van der Waals surface area contributed by atoms with Gasteiger partial charge in [-0.05, 0) is 30.2 Å². The molecule has 0 atom stereocenters. The van der Waals surface area contributed by atoms with Crippen LogP contribution in [0.15, 0.2) is 24.5 Å². The van der Waals surface area contributed by atoms with Crippen LogP contribution in [0.1, 0.15) is 5.56 Å². The molecule has 4 nitrogen and oxygen atoms in total. The van der Waals surface area contributed by atoms with E-state index in [1.165, 1.54) is 0 Å². The molecule has 13 heavy (non-hydrogen) atoms. The topological polar surface area (TPSA) is 98.3 Å². The predicted molar refractivity (Wildman–Crippen MR) is 55.2 cm³/mol. The summed E-state index contributed by atoms with van der Waals surface area (Å²) in [7, 11) is 0. The van der Waals surface area contributed by atoms with Gasteiger partial charge in [-0.25, -0.2) is 0 Å². The molecule has 0 aromatic heterocycles. The first-order chi connectivity index (χ1) is 6.15. The third-order valence-electron chi connectivity index (χ3n) is 1.76. The van der Waals surface area contributed by atoms with E-state index in [0.717, 1.165) is 11.8 Å². The van der Waals surface area contributed by atoms with Gasteiger partial charge in [-0.2, -0.15) is 0 Å². The van der Waals surface area contributed by atoms with E-state index in [-0.39, 0.29) is 0 Å². The number of rotatable bonds is 2. The Kier molecular flexibility index (Phi) is 2.64. The molecular formula is C9H13N3O. The lowest BCUT2D eigenvalue weighted by molar-refractivity contribution is 0.471. The van der Waals surface area contributed by atoms with Crippen molar-refractivity contribution in [3.63, 3.8) is 0 Å². The van der Waals surface area contributed by atoms with E-state index < -0.39 is 0 Å². The number of allylic oxidation sites excluding steroid dienone is 1. The predicted octanol–water partition coefficient (Wildman–Crippen LogP) is 1.05. The van der Waals surface area contributed by atoms with Gasteiger partial charge in [0.1, 0.15) is 0 Å². The number of nitrogens with two attached hydrogens (primary N) is 3. The lowest BCUT2D eigenvalue weighted by Gasteiger charge is -2.06. The van der Waals surface area contributed by atoms with Crippen molar-refractivity contribution < 1.29 is 5.11 Å². The first-order valence-corrected chi connectivity index (χ1v) is 3.87. The molecule has 0 fully saturated rings. The first kappa shape index (κ1) is 9.25. The maximum absolute atomic E-state index is 8.45. The van der Waals surface area contributed by atoms with Crippen molar-refractivity contribution in [1.29, 1.82) is 0 Å². The zero-order valence-corrected chi connectivity index (χ0v) is 7.20. The van der Waals surface area contributed by atoms with Crippen LogP contribution in [0.25, 0.3) is 0 Å². The third kappa shape index (κ3) is 2.05. The van der Waals surface area contributed by atoms with Crippen molar-refractivity contribution in [2.75, 3.05) is 17.2 Å². The van der Waals surface area contributed by atoms with E-state index in [9.17, 15) is 0 Å². The molecule has 0 unspecified atom stereocenters. The Morgan fingerprint density at radius 2 is 1.69 bits per heavy atom. The van der Waals surface area contributed by atoms with Crippen molar-refractivity contribution in [1.82, 2.24) is 0 Å². The van der Waals surface area contributed by atoms with Crippen molar-refractivity contribution in [2.45, 2.75) is 6.42 Å². The molecule has 0 spiro atoms. The van der Waals surface area contributed by atoms with Gasteiger partial charge in [-0.3, -0.25) is 0 Å². The maximum Gasteiger partial charge on any atom is 0.0781 e. The summed E-state index contributed by atoms with van der Waals surface area (Å²) >= 11 is 0. The highest BCUT2D eigenvalue weighted by molar-refractivity contribution is 5.78. The summed E-state index contributed by atoms with van der Waals surface area (Å²) in [5.74, 6) is 0. The minimum absolute atomic E-state index is 0.414. The minimum atomic E-state index is 0.414. The zero-order chi connectivity index (χ0) is 9.84. The van der Waals surface area contributed by atoms with E-state index in [1.807, 2.05) is 0 Å². The van der Waals surface area contributed by atoms with E-state index in [1.54, 1.807) is 18.2 Å². The molecule has 0 aliphatic rings. The average Bonchev–Trinajstić information content (AvgIpc) is 2.10. The molecule has 0 aliphatic carbocycles. The third-order valence-corrected chi connectivity index (χ3v) is 1.76. The molecule has 1 rings (SSSR count). The molecule has 0 radical (unpaired) electrons. The summed E-state index contributed by atoms with van der Waals surface area (Å²) in [6.07, 6.45) is 3.18. The van der Waals surface area contributed by atoms with Gasteiger partial charge in [0.05, 0.1) is 23.3 Å². The zero-order valence-electron chi connectivity index (χ0n) is 7.20. The number of anilines is 3. The van der Waals surface area contributed by atoms with Crippen LogP contribution in [0.2, 0.25) is 0 Å². The van der Waals surface area contributed by atoms with E-state index >= 15 is 0 Å². The molecule has 1 aromatic rings. The molecule has 1 aromatic carbocycles. The maximum atomic E-state index is 8.45. The summed E-state index contributed by atoms with van der Waals surface area (Å²) in [4.78, 5) is 0. The van der Waals surface area contributed by atoms with Crippen molar-refractivity contribution >= 4 is 17.1 Å². The van der Waals surface area contributed by atoms with Crippen LogP contribution in [0, 0.1) is 0 Å². The van der Waals surface area contributed by atoms with Gasteiger partial charge < -0.3 is 22.3 Å². The Morgan fingerprint density at radius 1 is 1.15 bits per heavy atom. The van der Waals surface area contributed by atoms with Gasteiger partial charge in [0.25, 0.3) is 0 Å². The van der Waals surface area contributed by atoms with Crippen molar-refractivity contribution in [2.24, 2.45) is 0 Å². The van der Waals surface area contributed by atoms with Gasteiger partial charge in [0, 0.05) is 0 Å². The summed E-state index contributed by atoms with van der Waals surface area (Å²) in [5, 5.41) is 8.45. The second-order valence-electron chi connectivity index (χ2n) is 2.78. The molecule has 0 bridgehead atoms. The number of hydrogen-bond acceptors (Lipinski definition) is 4. The Bertz CT molecular complexity index is 311. The van der Waals surface area contributed by atoms with Crippen LogP contribution in [0.4, 0.5) is 17.1 Å². The van der Waals surface area contributed by atoms with E-state index in [2.05, 4.69) is 0 Å². The van der Waals surface area contributed by atoms with Gasteiger partial charge in [-0.1, -0.05) is 0 Å². The smallest absolute Gasteiger partial charge is 0.0781 e. The number of nitrogen functional groups attached to an aromatic ring is 3. The molecule has 0 saturated carbocycles. The van der Waals surface area contributed by atoms with E-state index in [4.69, 9.17) is 22.3 Å². The second-order valence-corrected chi connectivity index (χ2v) is 2.78. The second kappa shape index (κ2) is 3.71. The van der Waals surface area contributed by atoms with Gasteiger partial charge in [-0.15, -0.1) is 0 Å². The highest BCUT2D eigenvalue weighted by atomic mass is 16.2. The summed E-state index contributed by atoms with van der Waals surface area (Å²) in [6, 6.07) is 3.48. The van der Waals surface area contributed by atoms with E-state index in [0.29, 0.717) is 23.5 Å². The Labute approximate surface area is 76.7 Å². The molecular weight excluding hydrogens is 166 g/mol. The van der Waals surface area contributed by atoms with Crippen LogP contribution in [0.5, 0.6) is 0 Å². The van der Waals surface area contributed by atoms with Crippen LogP contribution in [-0.2, 0) is 6.42 Å². The fourth-order valence-electron chi connectivity index (χ4n) is 1.07. The van der Waals surface area contributed by atoms with Crippen molar-refractivity contribution in [3.8, 4) is 0 Å². The summed E-state index contributed by atoms with van der Waals surface area (Å²) in [6.45, 7) is 0. The standard InChI is InChI=1S/C9H13N3O/c10-7-4-6(2-1-3-13)5-8(11)9(7)12/h1,3-5,13H,2,10-12H2. The van der Waals surface area contributed by atoms with Gasteiger partial charge in [0.2, 0.25) is 0 Å². The number of hydrogen-bond donors (Lipinski definition) is 4. The molecule has 70 valence electrons. The Hall–Kier alpha value is -1.84. The molecule has 0 amide bonds. The fourth-order valence-corrected chi connectivity index (χ4v) is 1.07. The average molecular weight is 179 g/mol. The number of aliphatic hydroxyl groups excluding tert-OH is 1. The highest BCUT2D eigenvalue weighted by Crippen LogP contribution is 2.24.